The van der Waals surface area contributed by atoms with E-state index in [0.717, 1.165) is 5.92 Å². The van der Waals surface area contributed by atoms with E-state index < -0.39 is 0 Å². The van der Waals surface area contributed by atoms with Crippen LogP contribution >= 0.6 is 0 Å². The molecule has 1 atom stereocenters. The maximum absolute atomic E-state index is 6.50. The third-order valence-corrected chi connectivity index (χ3v) is 2.19. The normalized spacial score (nSPS) is 24.2. The second kappa shape index (κ2) is 6.18. The predicted molar refractivity (Wildman–Crippen MR) is 47.2 cm³/mol. The predicted octanol–water partition coefficient (Wildman–Crippen LogP) is 1.88. The van der Waals surface area contributed by atoms with E-state index in [1.54, 1.807) is 0 Å². The van der Waals surface area contributed by atoms with Crippen molar-refractivity contribution in [2.24, 2.45) is 5.92 Å². The lowest BCUT2D eigenvalue weighted by Crippen LogP contribution is -2.13. The molecule has 1 fully saturated rings. The Balaban J connectivity index is 0.000000461. The molecule has 11 heavy (non-hydrogen) atoms. The van der Waals surface area contributed by atoms with Crippen LogP contribution in [0.5, 0.6) is 0 Å². The first-order chi connectivity index (χ1) is 5.33. The summed E-state index contributed by atoms with van der Waals surface area (Å²) in [6.45, 7) is 8.44. The maximum Gasteiger partial charge on any atom is 0.0462 e. The summed E-state index contributed by atoms with van der Waals surface area (Å²) in [6.07, 6.45) is 4.23. The van der Waals surface area contributed by atoms with Gasteiger partial charge in [0.25, 0.3) is 0 Å². The van der Waals surface area contributed by atoms with Gasteiger partial charge in [0.2, 0.25) is 0 Å². The summed E-state index contributed by atoms with van der Waals surface area (Å²) < 4.78 is 0. The molecule has 0 bridgehead atoms. The van der Waals surface area contributed by atoms with Gasteiger partial charge in [0.05, 0.1) is 0 Å². The van der Waals surface area contributed by atoms with Crippen LogP contribution in [-0.4, -0.2) is 25.0 Å². The second-order valence-electron chi connectivity index (χ2n) is 3.21. The molecule has 0 saturated carbocycles. The van der Waals surface area contributed by atoms with Gasteiger partial charge in [0.1, 0.15) is 0 Å². The molecule has 64 valence electrons. The molecule has 0 aliphatic carbocycles. The van der Waals surface area contributed by atoms with E-state index in [-0.39, 0.29) is 0 Å². The standard InChI is InChI=1S/C8H17N.CHN/c1-3-4-8-5-6-9(2)7-8;1-2/h8H,3-7H2,1-2H3;1H. The van der Waals surface area contributed by atoms with E-state index in [2.05, 4.69) is 25.4 Å². The van der Waals surface area contributed by atoms with Gasteiger partial charge in [-0.25, -0.2) is 5.26 Å². The Kier molecular flexibility index (Phi) is 5.87. The molecule has 0 N–H and O–H groups in total. The summed E-state index contributed by atoms with van der Waals surface area (Å²) in [5.74, 6) is 1.01. The third-order valence-electron chi connectivity index (χ3n) is 2.19. The second-order valence-corrected chi connectivity index (χ2v) is 3.21. The van der Waals surface area contributed by atoms with Crippen molar-refractivity contribution in [2.75, 3.05) is 20.1 Å². The van der Waals surface area contributed by atoms with Crippen LogP contribution in [0, 0.1) is 17.8 Å². The minimum atomic E-state index is 1.01. The van der Waals surface area contributed by atoms with Crippen LogP contribution in [0.25, 0.3) is 0 Å². The van der Waals surface area contributed by atoms with Gasteiger partial charge in [-0.2, -0.15) is 0 Å². The highest BCUT2D eigenvalue weighted by Crippen LogP contribution is 2.18. The first-order valence-electron chi connectivity index (χ1n) is 4.27. The highest BCUT2D eigenvalue weighted by atomic mass is 15.1. The van der Waals surface area contributed by atoms with E-state index in [1.807, 2.05) is 0 Å². The van der Waals surface area contributed by atoms with E-state index in [4.69, 9.17) is 5.26 Å². The van der Waals surface area contributed by atoms with E-state index in [9.17, 15) is 0 Å². The van der Waals surface area contributed by atoms with E-state index >= 15 is 0 Å². The number of hydrogen-bond acceptors (Lipinski definition) is 2. The monoisotopic (exact) mass is 154 g/mol. The average Bonchev–Trinajstić information content (AvgIpc) is 2.41. The molecule has 2 nitrogen and oxygen atoms in total. The highest BCUT2D eigenvalue weighted by molar-refractivity contribution is 4.71. The average molecular weight is 154 g/mol. The van der Waals surface area contributed by atoms with Crippen molar-refractivity contribution >= 4 is 0 Å². The summed E-state index contributed by atoms with van der Waals surface area (Å²) >= 11 is 0. The highest BCUT2D eigenvalue weighted by Gasteiger charge is 2.17. The number of hydrogen-bond donors (Lipinski definition) is 0. The Morgan fingerprint density at radius 2 is 2.18 bits per heavy atom. The van der Waals surface area contributed by atoms with Crippen LogP contribution in [0.15, 0.2) is 0 Å². The molecule has 1 heterocycles. The van der Waals surface area contributed by atoms with Crippen molar-refractivity contribution in [1.29, 1.82) is 5.26 Å². The zero-order valence-electron chi connectivity index (χ0n) is 7.58. The van der Waals surface area contributed by atoms with Gasteiger partial charge in [0, 0.05) is 13.1 Å². The van der Waals surface area contributed by atoms with Crippen molar-refractivity contribution in [1.82, 2.24) is 4.90 Å². The Labute approximate surface area is 69.8 Å². The summed E-state index contributed by atoms with van der Waals surface area (Å²) in [4.78, 5) is 2.43. The van der Waals surface area contributed by atoms with E-state index in [0.29, 0.717) is 0 Å². The molecule has 0 amide bonds. The fourth-order valence-corrected chi connectivity index (χ4v) is 1.67. The van der Waals surface area contributed by atoms with Crippen LogP contribution in [-0.2, 0) is 0 Å². The van der Waals surface area contributed by atoms with Gasteiger partial charge in [0.15, 0.2) is 0 Å². The van der Waals surface area contributed by atoms with Crippen molar-refractivity contribution < 1.29 is 0 Å². The molecular formula is C9H18N2. The SMILES string of the molecule is C#N.CCCC1CCN(C)C1. The minimum Gasteiger partial charge on any atom is -0.306 e. The van der Waals surface area contributed by atoms with Crippen LogP contribution in [0.2, 0.25) is 0 Å². The smallest absolute Gasteiger partial charge is 0.0462 e. The molecule has 1 rings (SSSR count). The minimum absolute atomic E-state index is 1.01. The van der Waals surface area contributed by atoms with Crippen molar-refractivity contribution in [3.8, 4) is 6.57 Å². The van der Waals surface area contributed by atoms with Crippen molar-refractivity contribution in [3.63, 3.8) is 0 Å². The number of likely N-dealkylation sites (tertiary alicyclic amines) is 1. The Morgan fingerprint density at radius 3 is 2.55 bits per heavy atom. The lowest BCUT2D eigenvalue weighted by Gasteiger charge is -2.07. The molecule has 1 saturated heterocycles. The number of nitriles is 1. The van der Waals surface area contributed by atoms with Crippen LogP contribution < -0.4 is 0 Å². The third kappa shape index (κ3) is 4.00. The van der Waals surface area contributed by atoms with Crippen molar-refractivity contribution in [3.05, 3.63) is 0 Å². The van der Waals surface area contributed by atoms with E-state index in [1.165, 1.54) is 32.4 Å². The Morgan fingerprint density at radius 1 is 1.55 bits per heavy atom. The zero-order valence-corrected chi connectivity index (χ0v) is 7.58. The fraction of sp³-hybridized carbons (Fsp3) is 0.889. The summed E-state index contributed by atoms with van der Waals surface area (Å²) in [6, 6.07) is 0. The first kappa shape index (κ1) is 10.4. The number of nitrogens with zero attached hydrogens (tertiary/aromatic N) is 2. The van der Waals surface area contributed by atoms with Crippen LogP contribution in [0.4, 0.5) is 0 Å². The van der Waals surface area contributed by atoms with Gasteiger partial charge in [-0.05, 0) is 32.4 Å². The lowest BCUT2D eigenvalue weighted by molar-refractivity contribution is 0.387. The zero-order chi connectivity index (χ0) is 8.69. The molecule has 0 aromatic carbocycles. The lowest BCUT2D eigenvalue weighted by atomic mass is 10.0. The molecule has 2 heteroatoms. The summed E-state index contributed by atoms with van der Waals surface area (Å²) in [5.41, 5.74) is 0. The topological polar surface area (TPSA) is 27.0 Å². The fourth-order valence-electron chi connectivity index (χ4n) is 1.67. The quantitative estimate of drug-likeness (QED) is 0.607. The molecule has 0 aromatic heterocycles. The van der Waals surface area contributed by atoms with Gasteiger partial charge in [-0.15, -0.1) is 0 Å². The van der Waals surface area contributed by atoms with Crippen LogP contribution in [0.1, 0.15) is 26.2 Å². The van der Waals surface area contributed by atoms with Gasteiger partial charge in [-0.3, -0.25) is 0 Å². The molecule has 1 aliphatic rings. The molecule has 1 aliphatic heterocycles. The largest absolute Gasteiger partial charge is 0.306 e. The molecular weight excluding hydrogens is 136 g/mol. The molecule has 0 aromatic rings. The number of rotatable bonds is 2. The summed E-state index contributed by atoms with van der Waals surface area (Å²) in [7, 11) is 2.22. The Bertz CT molecular complexity index is 107. The molecule has 0 spiro atoms. The summed E-state index contributed by atoms with van der Waals surface area (Å²) in [5, 5.41) is 6.50. The van der Waals surface area contributed by atoms with Gasteiger partial charge in [-0.1, -0.05) is 13.3 Å². The molecule has 1 unspecified atom stereocenters. The van der Waals surface area contributed by atoms with Gasteiger partial charge < -0.3 is 4.90 Å². The first-order valence-corrected chi connectivity index (χ1v) is 4.27. The van der Waals surface area contributed by atoms with Gasteiger partial charge >= 0.3 is 0 Å². The molecule has 0 radical (unpaired) electrons. The van der Waals surface area contributed by atoms with Crippen molar-refractivity contribution in [2.45, 2.75) is 26.2 Å². The maximum atomic E-state index is 6.50. The Hall–Kier alpha value is -0.550. The van der Waals surface area contributed by atoms with Crippen LogP contribution in [0.3, 0.4) is 0 Å².